The fourth-order valence-corrected chi connectivity index (χ4v) is 3.71. The summed E-state index contributed by atoms with van der Waals surface area (Å²) in [4.78, 5) is 2.34. The van der Waals surface area contributed by atoms with E-state index in [9.17, 15) is 0 Å². The molecule has 1 aliphatic rings. The van der Waals surface area contributed by atoms with E-state index in [1.807, 2.05) is 23.9 Å². The van der Waals surface area contributed by atoms with Crippen LogP contribution in [0.3, 0.4) is 0 Å². The molecule has 4 heteroatoms. The summed E-state index contributed by atoms with van der Waals surface area (Å²) < 4.78 is 0. The molecule has 1 fully saturated rings. The maximum Gasteiger partial charge on any atom is 0.0495 e. The van der Waals surface area contributed by atoms with Gasteiger partial charge in [-0.05, 0) is 35.9 Å². The first-order valence-corrected chi connectivity index (χ1v) is 7.44. The van der Waals surface area contributed by atoms with Crippen LogP contribution >= 0.6 is 35.0 Å². The lowest BCUT2D eigenvalue weighted by atomic mass is 10.1. The van der Waals surface area contributed by atoms with Crippen molar-refractivity contribution >= 4 is 40.7 Å². The molecule has 0 spiro atoms. The van der Waals surface area contributed by atoms with E-state index in [1.54, 1.807) is 0 Å². The van der Waals surface area contributed by atoms with Crippen LogP contribution in [0, 0.1) is 0 Å². The highest BCUT2D eigenvalue weighted by molar-refractivity contribution is 7.99. The van der Waals surface area contributed by atoms with E-state index in [1.165, 1.54) is 23.6 Å². The SMILES string of the molecule is CN(c1ccc(Cl)cc1CCl)C1CCSC1. The Hall–Kier alpha value is -0.0500. The lowest BCUT2D eigenvalue weighted by Crippen LogP contribution is -2.31. The topological polar surface area (TPSA) is 3.24 Å². The summed E-state index contributed by atoms with van der Waals surface area (Å²) in [5.74, 6) is 2.99. The molecule has 1 aromatic rings. The highest BCUT2D eigenvalue weighted by atomic mass is 35.5. The molecule has 1 atom stereocenters. The fourth-order valence-electron chi connectivity index (χ4n) is 2.03. The van der Waals surface area contributed by atoms with Crippen LogP contribution in [0.5, 0.6) is 0 Å². The highest BCUT2D eigenvalue weighted by Gasteiger charge is 2.21. The van der Waals surface area contributed by atoms with Crippen molar-refractivity contribution in [2.24, 2.45) is 0 Å². The summed E-state index contributed by atoms with van der Waals surface area (Å²) >= 11 is 14.0. The Labute approximate surface area is 111 Å². The van der Waals surface area contributed by atoms with Gasteiger partial charge in [-0.25, -0.2) is 0 Å². The van der Waals surface area contributed by atoms with Gasteiger partial charge in [0.25, 0.3) is 0 Å². The Balaban J connectivity index is 2.24. The Morgan fingerprint density at radius 1 is 1.50 bits per heavy atom. The first-order valence-electron chi connectivity index (χ1n) is 5.37. The van der Waals surface area contributed by atoms with Crippen LogP contribution in [0.1, 0.15) is 12.0 Å². The van der Waals surface area contributed by atoms with Crippen molar-refractivity contribution in [3.05, 3.63) is 28.8 Å². The van der Waals surface area contributed by atoms with Gasteiger partial charge in [-0.15, -0.1) is 11.6 Å². The monoisotopic (exact) mass is 275 g/mol. The van der Waals surface area contributed by atoms with Gasteiger partial charge >= 0.3 is 0 Å². The molecule has 1 aromatic carbocycles. The lowest BCUT2D eigenvalue weighted by Gasteiger charge is -2.28. The van der Waals surface area contributed by atoms with Crippen molar-refractivity contribution < 1.29 is 0 Å². The first kappa shape index (κ1) is 12.4. The molecule has 1 saturated heterocycles. The van der Waals surface area contributed by atoms with Crippen LogP contribution in [0.25, 0.3) is 0 Å². The molecular formula is C12H15Cl2NS. The van der Waals surface area contributed by atoms with Gasteiger partial charge in [-0.3, -0.25) is 0 Å². The molecule has 0 N–H and O–H groups in total. The Kier molecular flexibility index (Phi) is 4.28. The third kappa shape index (κ3) is 2.61. The average molecular weight is 276 g/mol. The third-order valence-electron chi connectivity index (χ3n) is 3.02. The van der Waals surface area contributed by atoms with Gasteiger partial charge in [-0.1, -0.05) is 11.6 Å². The summed E-state index contributed by atoms with van der Waals surface area (Å²) in [6, 6.07) is 6.60. The number of nitrogens with zero attached hydrogens (tertiary/aromatic N) is 1. The number of thioether (sulfide) groups is 1. The lowest BCUT2D eigenvalue weighted by molar-refractivity contribution is 0.698. The van der Waals surface area contributed by atoms with E-state index in [2.05, 4.69) is 18.0 Å². The Morgan fingerprint density at radius 3 is 2.94 bits per heavy atom. The van der Waals surface area contributed by atoms with Gasteiger partial charge in [0.1, 0.15) is 0 Å². The second-order valence-corrected chi connectivity index (χ2v) is 5.89. The minimum Gasteiger partial charge on any atom is -0.370 e. The second-order valence-electron chi connectivity index (χ2n) is 4.03. The van der Waals surface area contributed by atoms with Crippen LogP contribution in [-0.4, -0.2) is 24.6 Å². The molecule has 1 aliphatic heterocycles. The second kappa shape index (κ2) is 5.52. The van der Waals surface area contributed by atoms with E-state index in [0.717, 1.165) is 10.6 Å². The largest absolute Gasteiger partial charge is 0.370 e. The standard InChI is InChI=1S/C12H15Cl2NS/c1-15(11-4-5-16-8-11)12-3-2-10(14)6-9(12)7-13/h2-3,6,11H,4-5,7-8H2,1H3. The van der Waals surface area contributed by atoms with Crippen molar-refractivity contribution in [2.75, 3.05) is 23.5 Å². The van der Waals surface area contributed by atoms with Crippen LogP contribution in [0.4, 0.5) is 5.69 Å². The van der Waals surface area contributed by atoms with E-state index in [4.69, 9.17) is 23.2 Å². The Bertz CT molecular complexity index is 364. The molecule has 1 heterocycles. The number of halogens is 2. The minimum atomic E-state index is 0.514. The normalized spacial score (nSPS) is 20.1. The molecule has 0 aliphatic carbocycles. The fraction of sp³-hybridized carbons (Fsp3) is 0.500. The summed E-state index contributed by atoms with van der Waals surface area (Å²) in [5.41, 5.74) is 2.33. The van der Waals surface area contributed by atoms with Crippen LogP contribution in [0.2, 0.25) is 5.02 Å². The number of rotatable bonds is 3. The van der Waals surface area contributed by atoms with E-state index >= 15 is 0 Å². The van der Waals surface area contributed by atoms with Gasteiger partial charge in [0.15, 0.2) is 0 Å². The van der Waals surface area contributed by atoms with Crippen molar-refractivity contribution in [2.45, 2.75) is 18.3 Å². The van der Waals surface area contributed by atoms with Gasteiger partial charge in [-0.2, -0.15) is 11.8 Å². The van der Waals surface area contributed by atoms with Crippen LogP contribution in [-0.2, 0) is 5.88 Å². The molecule has 88 valence electrons. The minimum absolute atomic E-state index is 0.514. The van der Waals surface area contributed by atoms with Gasteiger partial charge in [0.2, 0.25) is 0 Å². The zero-order valence-electron chi connectivity index (χ0n) is 9.25. The van der Waals surface area contributed by atoms with Crippen LogP contribution < -0.4 is 4.90 Å². The maximum absolute atomic E-state index is 5.98. The maximum atomic E-state index is 5.98. The quantitative estimate of drug-likeness (QED) is 0.767. The molecule has 0 amide bonds. The predicted octanol–water partition coefficient (Wildman–Crippen LogP) is 4.02. The highest BCUT2D eigenvalue weighted by Crippen LogP contribution is 2.30. The molecule has 0 aromatic heterocycles. The molecule has 16 heavy (non-hydrogen) atoms. The number of hydrogen-bond donors (Lipinski definition) is 0. The van der Waals surface area contributed by atoms with Crippen LogP contribution in [0.15, 0.2) is 18.2 Å². The predicted molar refractivity (Wildman–Crippen MR) is 75.1 cm³/mol. The van der Waals surface area contributed by atoms with Gasteiger partial charge in [0, 0.05) is 35.4 Å². The smallest absolute Gasteiger partial charge is 0.0495 e. The van der Waals surface area contributed by atoms with Gasteiger partial charge < -0.3 is 4.90 Å². The molecule has 2 rings (SSSR count). The molecule has 0 radical (unpaired) electrons. The molecule has 0 bridgehead atoms. The average Bonchev–Trinajstić information content (AvgIpc) is 2.81. The Morgan fingerprint density at radius 2 is 2.31 bits per heavy atom. The molecular weight excluding hydrogens is 261 g/mol. The number of hydrogen-bond acceptors (Lipinski definition) is 2. The molecule has 1 unspecified atom stereocenters. The summed E-state index contributed by atoms with van der Waals surface area (Å²) in [6.07, 6.45) is 1.26. The first-order chi connectivity index (χ1) is 7.72. The summed E-state index contributed by atoms with van der Waals surface area (Å²) in [6.45, 7) is 0. The number of anilines is 1. The van der Waals surface area contributed by atoms with Crippen molar-refractivity contribution in [3.8, 4) is 0 Å². The van der Waals surface area contributed by atoms with Crippen molar-refractivity contribution in [1.82, 2.24) is 0 Å². The zero-order valence-corrected chi connectivity index (χ0v) is 11.6. The third-order valence-corrected chi connectivity index (χ3v) is 4.69. The molecule has 1 nitrogen and oxygen atoms in total. The van der Waals surface area contributed by atoms with Gasteiger partial charge in [0.05, 0.1) is 0 Å². The number of benzene rings is 1. The summed E-state index contributed by atoms with van der Waals surface area (Å²) in [5, 5.41) is 0.758. The summed E-state index contributed by atoms with van der Waals surface area (Å²) in [7, 11) is 2.15. The van der Waals surface area contributed by atoms with Crippen molar-refractivity contribution in [1.29, 1.82) is 0 Å². The van der Waals surface area contributed by atoms with E-state index in [0.29, 0.717) is 11.9 Å². The number of alkyl halides is 1. The van der Waals surface area contributed by atoms with Crippen molar-refractivity contribution in [3.63, 3.8) is 0 Å². The van der Waals surface area contributed by atoms with E-state index in [-0.39, 0.29) is 0 Å². The molecule has 0 saturated carbocycles. The van der Waals surface area contributed by atoms with E-state index < -0.39 is 0 Å². The zero-order chi connectivity index (χ0) is 11.5.